The Morgan fingerprint density at radius 1 is 1.16 bits per heavy atom. The molecular formula is C15H15ClN2O. The number of hydrogen-bond acceptors (Lipinski definition) is 2. The molecule has 2 aromatic rings. The largest absolute Gasteiger partial charge is 0.380 e. The number of nitrogens with one attached hydrogen (secondary N) is 2. The molecule has 0 aliphatic rings. The van der Waals surface area contributed by atoms with Gasteiger partial charge in [0, 0.05) is 19.2 Å². The predicted molar refractivity (Wildman–Crippen MR) is 78.6 cm³/mol. The molecule has 19 heavy (non-hydrogen) atoms. The van der Waals surface area contributed by atoms with Gasteiger partial charge < -0.3 is 10.6 Å². The van der Waals surface area contributed by atoms with Crippen LogP contribution >= 0.6 is 11.6 Å². The first-order valence-electron chi connectivity index (χ1n) is 6.00. The normalized spacial score (nSPS) is 10.0. The third kappa shape index (κ3) is 3.48. The molecule has 0 radical (unpaired) electrons. The lowest BCUT2D eigenvalue weighted by atomic mass is 10.1. The SMILES string of the molecule is CNC(=O)c1ccc(Cl)c(NCc2ccccc2)c1. The van der Waals surface area contributed by atoms with Crippen LogP contribution in [0.3, 0.4) is 0 Å². The minimum absolute atomic E-state index is 0.126. The summed E-state index contributed by atoms with van der Waals surface area (Å²) in [6, 6.07) is 15.2. The van der Waals surface area contributed by atoms with Gasteiger partial charge in [0.15, 0.2) is 0 Å². The van der Waals surface area contributed by atoms with E-state index in [0.717, 1.165) is 11.3 Å². The fourth-order valence-electron chi connectivity index (χ4n) is 1.74. The van der Waals surface area contributed by atoms with Crippen LogP contribution in [0.4, 0.5) is 5.69 Å². The van der Waals surface area contributed by atoms with Crippen LogP contribution in [0, 0.1) is 0 Å². The quantitative estimate of drug-likeness (QED) is 0.898. The van der Waals surface area contributed by atoms with E-state index in [9.17, 15) is 4.79 Å². The van der Waals surface area contributed by atoms with Crippen LogP contribution in [-0.2, 0) is 6.54 Å². The topological polar surface area (TPSA) is 41.1 Å². The molecule has 0 aliphatic carbocycles. The van der Waals surface area contributed by atoms with Crippen molar-refractivity contribution in [1.82, 2.24) is 5.32 Å². The summed E-state index contributed by atoms with van der Waals surface area (Å²) < 4.78 is 0. The van der Waals surface area contributed by atoms with Gasteiger partial charge in [0.1, 0.15) is 0 Å². The van der Waals surface area contributed by atoms with Crippen LogP contribution in [0.1, 0.15) is 15.9 Å². The van der Waals surface area contributed by atoms with Crippen molar-refractivity contribution in [3.8, 4) is 0 Å². The maximum absolute atomic E-state index is 11.6. The van der Waals surface area contributed by atoms with Gasteiger partial charge in [-0.1, -0.05) is 41.9 Å². The zero-order valence-electron chi connectivity index (χ0n) is 10.6. The van der Waals surface area contributed by atoms with Gasteiger partial charge in [0.25, 0.3) is 5.91 Å². The molecule has 0 heterocycles. The molecule has 2 rings (SSSR count). The number of hydrogen-bond donors (Lipinski definition) is 2. The Hall–Kier alpha value is -2.00. The fourth-order valence-corrected chi connectivity index (χ4v) is 1.92. The molecule has 0 spiro atoms. The highest BCUT2D eigenvalue weighted by atomic mass is 35.5. The number of carbonyl (C=O) groups is 1. The Labute approximate surface area is 117 Å². The van der Waals surface area contributed by atoms with E-state index in [-0.39, 0.29) is 5.91 Å². The van der Waals surface area contributed by atoms with Crippen molar-refractivity contribution in [2.45, 2.75) is 6.54 Å². The lowest BCUT2D eigenvalue weighted by molar-refractivity contribution is 0.0963. The third-order valence-electron chi connectivity index (χ3n) is 2.78. The molecule has 3 nitrogen and oxygen atoms in total. The fraction of sp³-hybridized carbons (Fsp3) is 0.133. The summed E-state index contributed by atoms with van der Waals surface area (Å²) in [6.45, 7) is 0.664. The van der Waals surface area contributed by atoms with E-state index in [1.807, 2.05) is 30.3 Å². The van der Waals surface area contributed by atoms with Crippen molar-refractivity contribution >= 4 is 23.2 Å². The maximum atomic E-state index is 11.6. The molecule has 0 unspecified atom stereocenters. The smallest absolute Gasteiger partial charge is 0.251 e. The van der Waals surface area contributed by atoms with Crippen molar-refractivity contribution in [1.29, 1.82) is 0 Å². The molecule has 0 aromatic heterocycles. The molecule has 0 saturated carbocycles. The van der Waals surface area contributed by atoms with Gasteiger partial charge in [-0.25, -0.2) is 0 Å². The number of carbonyl (C=O) groups excluding carboxylic acids is 1. The van der Waals surface area contributed by atoms with Crippen molar-refractivity contribution < 1.29 is 4.79 Å². The van der Waals surface area contributed by atoms with Crippen molar-refractivity contribution in [2.75, 3.05) is 12.4 Å². The van der Waals surface area contributed by atoms with E-state index in [4.69, 9.17) is 11.6 Å². The van der Waals surface area contributed by atoms with Gasteiger partial charge in [0.2, 0.25) is 0 Å². The average Bonchev–Trinajstić information content (AvgIpc) is 2.46. The Morgan fingerprint density at radius 3 is 2.58 bits per heavy atom. The highest BCUT2D eigenvalue weighted by Crippen LogP contribution is 2.23. The Morgan fingerprint density at radius 2 is 1.89 bits per heavy atom. The molecule has 98 valence electrons. The van der Waals surface area contributed by atoms with Gasteiger partial charge in [-0.05, 0) is 23.8 Å². The summed E-state index contributed by atoms with van der Waals surface area (Å²) in [4.78, 5) is 11.6. The first-order chi connectivity index (χ1) is 9.20. The second-order valence-electron chi connectivity index (χ2n) is 4.11. The maximum Gasteiger partial charge on any atom is 0.251 e. The molecule has 0 aliphatic heterocycles. The van der Waals surface area contributed by atoms with Crippen LogP contribution in [0.15, 0.2) is 48.5 Å². The van der Waals surface area contributed by atoms with Crippen LogP contribution in [0.25, 0.3) is 0 Å². The summed E-state index contributed by atoms with van der Waals surface area (Å²) in [7, 11) is 1.61. The summed E-state index contributed by atoms with van der Waals surface area (Å²) in [5, 5.41) is 6.43. The van der Waals surface area contributed by atoms with E-state index in [2.05, 4.69) is 10.6 Å². The van der Waals surface area contributed by atoms with Gasteiger partial charge in [-0.3, -0.25) is 4.79 Å². The van der Waals surface area contributed by atoms with Crippen molar-refractivity contribution in [3.05, 3.63) is 64.7 Å². The number of halogens is 1. The molecule has 2 N–H and O–H groups in total. The van der Waals surface area contributed by atoms with Crippen LogP contribution in [-0.4, -0.2) is 13.0 Å². The summed E-state index contributed by atoms with van der Waals surface area (Å²) in [5.41, 5.74) is 2.50. The average molecular weight is 275 g/mol. The summed E-state index contributed by atoms with van der Waals surface area (Å²) in [6.07, 6.45) is 0. The molecular weight excluding hydrogens is 260 g/mol. The van der Waals surface area contributed by atoms with Crippen molar-refractivity contribution in [3.63, 3.8) is 0 Å². The first kappa shape index (κ1) is 13.4. The molecule has 0 saturated heterocycles. The molecule has 1 amide bonds. The van der Waals surface area contributed by atoms with Crippen molar-refractivity contribution in [2.24, 2.45) is 0 Å². The molecule has 2 aromatic carbocycles. The molecule has 0 atom stereocenters. The van der Waals surface area contributed by atoms with Crippen LogP contribution in [0.2, 0.25) is 5.02 Å². The minimum Gasteiger partial charge on any atom is -0.380 e. The van der Waals surface area contributed by atoms with Crippen LogP contribution < -0.4 is 10.6 Å². The van der Waals surface area contributed by atoms with E-state index in [0.29, 0.717) is 17.1 Å². The molecule has 4 heteroatoms. The first-order valence-corrected chi connectivity index (χ1v) is 6.38. The monoisotopic (exact) mass is 274 g/mol. The highest BCUT2D eigenvalue weighted by Gasteiger charge is 2.07. The molecule has 0 fully saturated rings. The van der Waals surface area contributed by atoms with Gasteiger partial charge in [-0.15, -0.1) is 0 Å². The Balaban J connectivity index is 2.13. The van der Waals surface area contributed by atoms with E-state index >= 15 is 0 Å². The van der Waals surface area contributed by atoms with E-state index in [1.165, 1.54) is 0 Å². The van der Waals surface area contributed by atoms with Gasteiger partial charge in [0.05, 0.1) is 10.7 Å². The Kier molecular flexibility index (Phi) is 4.42. The van der Waals surface area contributed by atoms with Gasteiger partial charge in [-0.2, -0.15) is 0 Å². The van der Waals surface area contributed by atoms with Gasteiger partial charge >= 0.3 is 0 Å². The second-order valence-corrected chi connectivity index (χ2v) is 4.52. The number of anilines is 1. The lowest BCUT2D eigenvalue weighted by Gasteiger charge is -2.10. The van der Waals surface area contributed by atoms with E-state index in [1.54, 1.807) is 25.2 Å². The van der Waals surface area contributed by atoms with E-state index < -0.39 is 0 Å². The second kappa shape index (κ2) is 6.25. The number of rotatable bonds is 4. The lowest BCUT2D eigenvalue weighted by Crippen LogP contribution is -2.17. The molecule has 0 bridgehead atoms. The zero-order valence-corrected chi connectivity index (χ0v) is 11.4. The zero-order chi connectivity index (χ0) is 13.7. The highest BCUT2D eigenvalue weighted by molar-refractivity contribution is 6.33. The summed E-state index contributed by atoms with van der Waals surface area (Å²) >= 11 is 6.12. The number of amides is 1. The number of benzene rings is 2. The Bertz CT molecular complexity index is 570. The predicted octanol–water partition coefficient (Wildman–Crippen LogP) is 3.31. The summed E-state index contributed by atoms with van der Waals surface area (Å²) in [5.74, 6) is -0.126. The third-order valence-corrected chi connectivity index (χ3v) is 3.11. The van der Waals surface area contributed by atoms with Crippen LogP contribution in [0.5, 0.6) is 0 Å². The standard InChI is InChI=1S/C15H15ClN2O/c1-17-15(19)12-7-8-13(16)14(9-12)18-10-11-5-3-2-4-6-11/h2-9,18H,10H2,1H3,(H,17,19). The minimum atomic E-state index is -0.126.